The molecule has 1 saturated carbocycles. The zero-order valence-electron chi connectivity index (χ0n) is 13.6. The van der Waals surface area contributed by atoms with Gasteiger partial charge >= 0.3 is 0 Å². The highest BCUT2D eigenvalue weighted by Gasteiger charge is 2.23. The van der Waals surface area contributed by atoms with Gasteiger partial charge in [-0.05, 0) is 62.6 Å². The third-order valence-electron chi connectivity index (χ3n) is 4.62. The van der Waals surface area contributed by atoms with E-state index in [-0.39, 0.29) is 6.61 Å². The third kappa shape index (κ3) is 4.37. The Kier molecular flexibility index (Phi) is 5.92. The molecule has 118 valence electrons. The number of hydrogen-bond donors (Lipinski definition) is 2. The van der Waals surface area contributed by atoms with E-state index in [9.17, 15) is 5.11 Å². The van der Waals surface area contributed by atoms with E-state index in [1.165, 1.54) is 25.7 Å². The molecule has 0 aliphatic heterocycles. The molecule has 2 N–H and O–H groups in total. The number of benzene rings is 1. The Morgan fingerprint density at radius 3 is 2.52 bits per heavy atom. The Labute approximate surface area is 128 Å². The first-order valence-electron chi connectivity index (χ1n) is 8.27. The fourth-order valence-electron chi connectivity index (χ4n) is 3.26. The molecule has 1 aliphatic rings. The number of aliphatic hydroxyl groups is 1. The molecule has 0 bridgehead atoms. The molecular formula is C18H29NO2. The van der Waals surface area contributed by atoms with E-state index < -0.39 is 0 Å². The average Bonchev–Trinajstić information content (AvgIpc) is 2.49. The molecular weight excluding hydrogens is 262 g/mol. The van der Waals surface area contributed by atoms with Gasteiger partial charge in [0.1, 0.15) is 5.75 Å². The van der Waals surface area contributed by atoms with Gasteiger partial charge in [0.2, 0.25) is 0 Å². The van der Waals surface area contributed by atoms with Crippen LogP contribution >= 0.6 is 0 Å². The minimum atomic E-state index is 0.0188. The normalized spacial score (nSPS) is 22.3. The second-order valence-electron chi connectivity index (χ2n) is 6.41. The minimum Gasteiger partial charge on any atom is -0.494 e. The second kappa shape index (κ2) is 7.69. The van der Waals surface area contributed by atoms with Gasteiger partial charge in [-0.15, -0.1) is 0 Å². The van der Waals surface area contributed by atoms with E-state index in [4.69, 9.17) is 4.74 Å². The monoisotopic (exact) mass is 291 g/mol. The third-order valence-corrected chi connectivity index (χ3v) is 4.62. The summed E-state index contributed by atoms with van der Waals surface area (Å²) in [5, 5.41) is 13.1. The van der Waals surface area contributed by atoms with Crippen LogP contribution in [0.25, 0.3) is 0 Å². The van der Waals surface area contributed by atoms with Crippen molar-refractivity contribution in [3.8, 4) is 5.75 Å². The Morgan fingerprint density at radius 2 is 1.95 bits per heavy atom. The number of nitrogens with one attached hydrogen (secondary N) is 1. The summed E-state index contributed by atoms with van der Waals surface area (Å²) in [5.74, 6) is 2.47. The average molecular weight is 291 g/mol. The summed E-state index contributed by atoms with van der Waals surface area (Å²) in [4.78, 5) is 0. The lowest BCUT2D eigenvalue weighted by Crippen LogP contribution is -2.27. The van der Waals surface area contributed by atoms with Crippen molar-refractivity contribution in [3.05, 3.63) is 23.8 Å². The first-order valence-corrected chi connectivity index (χ1v) is 8.27. The van der Waals surface area contributed by atoms with Gasteiger partial charge in [-0.25, -0.2) is 0 Å². The number of ether oxygens (including phenoxy) is 1. The summed E-state index contributed by atoms with van der Waals surface area (Å²) in [6, 6.07) is 6.58. The van der Waals surface area contributed by atoms with Crippen molar-refractivity contribution >= 4 is 5.69 Å². The fourth-order valence-corrected chi connectivity index (χ4v) is 3.26. The van der Waals surface area contributed by atoms with Crippen molar-refractivity contribution in [1.29, 1.82) is 0 Å². The maximum atomic E-state index is 9.46. The van der Waals surface area contributed by atoms with Crippen molar-refractivity contribution in [1.82, 2.24) is 0 Å². The number of aliphatic hydroxyl groups excluding tert-OH is 1. The van der Waals surface area contributed by atoms with Gasteiger partial charge in [0, 0.05) is 17.3 Å². The first-order chi connectivity index (χ1) is 10.1. The zero-order valence-corrected chi connectivity index (χ0v) is 13.6. The summed E-state index contributed by atoms with van der Waals surface area (Å²) in [5.41, 5.74) is 1.95. The Bertz CT molecular complexity index is 437. The maximum Gasteiger partial charge on any atom is 0.124 e. The van der Waals surface area contributed by atoms with Crippen LogP contribution in [0.2, 0.25) is 0 Å². The van der Waals surface area contributed by atoms with Gasteiger partial charge in [0.05, 0.1) is 13.2 Å². The molecule has 1 aromatic rings. The lowest BCUT2D eigenvalue weighted by Gasteiger charge is -2.32. The van der Waals surface area contributed by atoms with Crippen LogP contribution in [-0.2, 0) is 6.61 Å². The number of anilines is 1. The summed E-state index contributed by atoms with van der Waals surface area (Å²) in [6.45, 7) is 7.27. The molecule has 0 radical (unpaired) electrons. The van der Waals surface area contributed by atoms with Crippen LogP contribution in [0.5, 0.6) is 5.75 Å². The Hall–Kier alpha value is -1.22. The molecule has 1 fully saturated rings. The molecule has 2 rings (SSSR count). The van der Waals surface area contributed by atoms with E-state index in [1.807, 2.05) is 19.1 Å². The first kappa shape index (κ1) is 16.2. The highest BCUT2D eigenvalue weighted by Crippen LogP contribution is 2.32. The highest BCUT2D eigenvalue weighted by molar-refractivity contribution is 5.51. The van der Waals surface area contributed by atoms with Gasteiger partial charge in [-0.3, -0.25) is 0 Å². The summed E-state index contributed by atoms with van der Waals surface area (Å²) >= 11 is 0. The van der Waals surface area contributed by atoms with Crippen LogP contribution in [-0.4, -0.2) is 17.8 Å². The van der Waals surface area contributed by atoms with E-state index in [1.54, 1.807) is 0 Å². The molecule has 0 aromatic heterocycles. The topological polar surface area (TPSA) is 41.5 Å². The molecule has 0 spiro atoms. The molecule has 0 amide bonds. The standard InChI is InChI=1S/C18H29NO2/c1-4-21-18-10-9-17(11-15(18)12-20)19-16-7-5-14(6-8-16)13(2)3/h9-11,13-14,16,19-20H,4-8,12H2,1-3H3. The second-order valence-corrected chi connectivity index (χ2v) is 6.41. The van der Waals surface area contributed by atoms with E-state index in [0.29, 0.717) is 12.6 Å². The van der Waals surface area contributed by atoms with Gasteiger partial charge in [-0.1, -0.05) is 13.8 Å². The molecule has 1 aliphatic carbocycles. The van der Waals surface area contributed by atoms with E-state index in [2.05, 4.69) is 25.2 Å². The molecule has 3 heteroatoms. The smallest absolute Gasteiger partial charge is 0.124 e. The summed E-state index contributed by atoms with van der Waals surface area (Å²) in [7, 11) is 0. The van der Waals surface area contributed by atoms with E-state index >= 15 is 0 Å². The predicted octanol–water partition coefficient (Wildman–Crippen LogP) is 4.20. The van der Waals surface area contributed by atoms with Crippen LogP contribution < -0.4 is 10.1 Å². The molecule has 1 aromatic carbocycles. The largest absolute Gasteiger partial charge is 0.494 e. The lowest BCUT2D eigenvalue weighted by atomic mass is 9.79. The van der Waals surface area contributed by atoms with Gasteiger partial charge < -0.3 is 15.2 Å². The molecule has 0 atom stereocenters. The van der Waals surface area contributed by atoms with Crippen LogP contribution in [0.4, 0.5) is 5.69 Å². The van der Waals surface area contributed by atoms with Crippen LogP contribution in [0.1, 0.15) is 52.0 Å². The van der Waals surface area contributed by atoms with Gasteiger partial charge in [-0.2, -0.15) is 0 Å². The molecule has 21 heavy (non-hydrogen) atoms. The quantitative estimate of drug-likeness (QED) is 0.825. The van der Waals surface area contributed by atoms with Gasteiger partial charge in [0.25, 0.3) is 0 Å². The molecule has 0 saturated heterocycles. The Morgan fingerprint density at radius 1 is 1.24 bits per heavy atom. The number of hydrogen-bond acceptors (Lipinski definition) is 3. The maximum absolute atomic E-state index is 9.46. The molecule has 3 nitrogen and oxygen atoms in total. The lowest BCUT2D eigenvalue weighted by molar-refractivity contribution is 0.265. The molecule has 0 unspecified atom stereocenters. The summed E-state index contributed by atoms with van der Waals surface area (Å²) < 4.78 is 5.53. The molecule has 0 heterocycles. The van der Waals surface area contributed by atoms with Crippen molar-refractivity contribution < 1.29 is 9.84 Å². The van der Waals surface area contributed by atoms with Crippen LogP contribution in [0, 0.1) is 11.8 Å². The van der Waals surface area contributed by atoms with E-state index in [0.717, 1.165) is 28.8 Å². The number of rotatable bonds is 6. The van der Waals surface area contributed by atoms with Crippen LogP contribution in [0.3, 0.4) is 0 Å². The van der Waals surface area contributed by atoms with Gasteiger partial charge in [0.15, 0.2) is 0 Å². The Balaban J connectivity index is 1.94. The zero-order chi connectivity index (χ0) is 15.2. The van der Waals surface area contributed by atoms with Crippen molar-refractivity contribution in [3.63, 3.8) is 0 Å². The SMILES string of the molecule is CCOc1ccc(NC2CCC(C(C)C)CC2)cc1CO. The van der Waals surface area contributed by atoms with Crippen molar-refractivity contribution in [2.75, 3.05) is 11.9 Å². The van der Waals surface area contributed by atoms with Crippen LogP contribution in [0.15, 0.2) is 18.2 Å². The van der Waals surface area contributed by atoms with Crippen molar-refractivity contribution in [2.24, 2.45) is 11.8 Å². The fraction of sp³-hybridized carbons (Fsp3) is 0.667. The summed E-state index contributed by atoms with van der Waals surface area (Å²) in [6.07, 6.45) is 5.12. The highest BCUT2D eigenvalue weighted by atomic mass is 16.5. The minimum absolute atomic E-state index is 0.0188. The van der Waals surface area contributed by atoms with Crippen molar-refractivity contribution in [2.45, 2.75) is 59.1 Å². The predicted molar refractivity (Wildman–Crippen MR) is 87.7 cm³/mol.